The van der Waals surface area contributed by atoms with Crippen molar-refractivity contribution in [3.63, 3.8) is 0 Å². The molecule has 1 N–H and O–H groups in total. The second kappa shape index (κ2) is 6.17. The van der Waals surface area contributed by atoms with Gasteiger partial charge in [-0.15, -0.1) is 0 Å². The molecule has 4 heteroatoms. The fourth-order valence-corrected chi connectivity index (χ4v) is 3.32. The first kappa shape index (κ1) is 15.4. The molecule has 1 nitrogen and oxygen atoms in total. The van der Waals surface area contributed by atoms with Gasteiger partial charge in [0.2, 0.25) is 6.43 Å². The van der Waals surface area contributed by atoms with Crippen LogP contribution in [0.25, 0.3) is 0 Å². The van der Waals surface area contributed by atoms with Gasteiger partial charge in [0.25, 0.3) is 0 Å². The van der Waals surface area contributed by atoms with Crippen LogP contribution in [0.1, 0.15) is 44.6 Å². The van der Waals surface area contributed by atoms with E-state index in [4.69, 9.17) is 0 Å². The second-order valence-electron chi connectivity index (χ2n) is 5.79. The fourth-order valence-electron chi connectivity index (χ4n) is 3.32. The van der Waals surface area contributed by atoms with Crippen LogP contribution >= 0.6 is 0 Å². The standard InChI is InChI=1S/C16H21F3O/c1-11(15(18)19)16(20,12-5-3-2-4-6-12)13-7-9-14(17)10-8-13/h7-12,15,20H,2-6H2,1H3. The van der Waals surface area contributed by atoms with Crippen LogP contribution in [0.5, 0.6) is 0 Å². The highest BCUT2D eigenvalue weighted by atomic mass is 19.3. The summed E-state index contributed by atoms with van der Waals surface area (Å²) in [6.45, 7) is 1.38. The summed E-state index contributed by atoms with van der Waals surface area (Å²) in [5, 5.41) is 11.0. The van der Waals surface area contributed by atoms with Crippen LogP contribution in [0, 0.1) is 17.7 Å². The zero-order valence-corrected chi connectivity index (χ0v) is 11.7. The lowest BCUT2D eigenvalue weighted by molar-refractivity contribution is -0.128. The maximum Gasteiger partial charge on any atom is 0.244 e. The zero-order valence-electron chi connectivity index (χ0n) is 11.7. The number of benzene rings is 1. The molecule has 1 aromatic rings. The van der Waals surface area contributed by atoms with E-state index in [2.05, 4.69) is 0 Å². The van der Waals surface area contributed by atoms with Gasteiger partial charge < -0.3 is 5.11 Å². The molecule has 0 heterocycles. The Kier molecular flexibility index (Phi) is 4.74. The molecule has 0 bridgehead atoms. The van der Waals surface area contributed by atoms with E-state index in [1.807, 2.05) is 0 Å². The fraction of sp³-hybridized carbons (Fsp3) is 0.625. The minimum atomic E-state index is -2.60. The van der Waals surface area contributed by atoms with Crippen molar-refractivity contribution in [2.24, 2.45) is 11.8 Å². The van der Waals surface area contributed by atoms with Crippen molar-refractivity contribution >= 4 is 0 Å². The maximum absolute atomic E-state index is 13.2. The zero-order chi connectivity index (χ0) is 14.8. The van der Waals surface area contributed by atoms with Crippen molar-refractivity contribution in [2.45, 2.75) is 51.1 Å². The predicted molar refractivity (Wildman–Crippen MR) is 72.0 cm³/mol. The molecule has 0 saturated heterocycles. The molecular formula is C16H21F3O. The van der Waals surface area contributed by atoms with Crippen molar-refractivity contribution < 1.29 is 18.3 Å². The lowest BCUT2D eigenvalue weighted by Crippen LogP contribution is -2.45. The number of hydrogen-bond acceptors (Lipinski definition) is 1. The van der Waals surface area contributed by atoms with E-state index in [1.165, 1.54) is 31.2 Å². The summed E-state index contributed by atoms with van der Waals surface area (Å²) in [7, 11) is 0. The summed E-state index contributed by atoms with van der Waals surface area (Å²) in [6.07, 6.45) is 1.86. The van der Waals surface area contributed by atoms with Crippen molar-refractivity contribution in [1.29, 1.82) is 0 Å². The van der Waals surface area contributed by atoms with Gasteiger partial charge in [-0.2, -0.15) is 0 Å². The van der Waals surface area contributed by atoms with Crippen LogP contribution in [-0.2, 0) is 5.60 Å². The Labute approximate surface area is 117 Å². The van der Waals surface area contributed by atoms with Crippen LogP contribution in [0.2, 0.25) is 0 Å². The van der Waals surface area contributed by atoms with Gasteiger partial charge in [0.05, 0.1) is 5.92 Å². The lowest BCUT2D eigenvalue weighted by atomic mass is 9.67. The van der Waals surface area contributed by atoms with Gasteiger partial charge in [0, 0.05) is 0 Å². The summed E-state index contributed by atoms with van der Waals surface area (Å²) in [5.41, 5.74) is -1.18. The van der Waals surface area contributed by atoms with Gasteiger partial charge in [-0.1, -0.05) is 38.3 Å². The Bertz CT molecular complexity index is 426. The molecule has 0 amide bonds. The van der Waals surface area contributed by atoms with E-state index in [-0.39, 0.29) is 5.92 Å². The number of aliphatic hydroxyl groups is 1. The first-order valence-electron chi connectivity index (χ1n) is 7.22. The van der Waals surface area contributed by atoms with Gasteiger partial charge in [0.1, 0.15) is 11.4 Å². The summed E-state index contributed by atoms with van der Waals surface area (Å²) in [6, 6.07) is 5.31. The van der Waals surface area contributed by atoms with Gasteiger partial charge in [0.15, 0.2) is 0 Å². The van der Waals surface area contributed by atoms with Gasteiger partial charge in [-0.05, 0) is 36.5 Å². The predicted octanol–water partition coefficient (Wildman–Crippen LogP) is 4.49. The highest BCUT2D eigenvalue weighted by Gasteiger charge is 2.46. The Hall–Kier alpha value is -1.03. The average molecular weight is 286 g/mol. The normalized spacial score (nSPS) is 21.7. The third-order valence-corrected chi connectivity index (χ3v) is 4.61. The highest BCUT2D eigenvalue weighted by molar-refractivity contribution is 5.25. The van der Waals surface area contributed by atoms with E-state index in [0.29, 0.717) is 5.56 Å². The van der Waals surface area contributed by atoms with Crippen LogP contribution in [-0.4, -0.2) is 11.5 Å². The van der Waals surface area contributed by atoms with Crippen LogP contribution in [0.15, 0.2) is 24.3 Å². The number of hydrogen-bond donors (Lipinski definition) is 1. The molecule has 1 aliphatic rings. The van der Waals surface area contributed by atoms with Crippen molar-refractivity contribution in [3.05, 3.63) is 35.6 Å². The SMILES string of the molecule is CC(C(F)F)C(O)(c1ccc(F)cc1)C1CCCCC1. The van der Waals surface area contributed by atoms with E-state index >= 15 is 0 Å². The van der Waals surface area contributed by atoms with Gasteiger partial charge >= 0.3 is 0 Å². The number of halogens is 3. The molecule has 20 heavy (non-hydrogen) atoms. The lowest BCUT2D eigenvalue weighted by Gasteiger charge is -2.43. The molecule has 112 valence electrons. The molecule has 1 saturated carbocycles. The molecule has 1 fully saturated rings. The molecule has 2 rings (SSSR count). The molecule has 0 radical (unpaired) electrons. The van der Waals surface area contributed by atoms with Crippen LogP contribution < -0.4 is 0 Å². The minimum absolute atomic E-state index is 0.189. The average Bonchev–Trinajstić information content (AvgIpc) is 2.47. The molecule has 2 unspecified atom stereocenters. The van der Waals surface area contributed by atoms with Crippen LogP contribution in [0.4, 0.5) is 13.2 Å². The maximum atomic E-state index is 13.2. The van der Waals surface area contributed by atoms with E-state index in [0.717, 1.165) is 32.1 Å². The summed E-state index contributed by atoms with van der Waals surface area (Å²) in [4.78, 5) is 0. The second-order valence-corrected chi connectivity index (χ2v) is 5.79. The molecule has 1 aromatic carbocycles. The van der Waals surface area contributed by atoms with E-state index in [9.17, 15) is 18.3 Å². The van der Waals surface area contributed by atoms with E-state index in [1.54, 1.807) is 0 Å². The van der Waals surface area contributed by atoms with Crippen LogP contribution in [0.3, 0.4) is 0 Å². The smallest absolute Gasteiger partial charge is 0.244 e. The summed E-state index contributed by atoms with van der Waals surface area (Å²) >= 11 is 0. The highest BCUT2D eigenvalue weighted by Crippen LogP contribution is 2.46. The first-order valence-corrected chi connectivity index (χ1v) is 7.22. The minimum Gasteiger partial charge on any atom is -0.384 e. The van der Waals surface area contributed by atoms with Crippen molar-refractivity contribution in [1.82, 2.24) is 0 Å². The third-order valence-electron chi connectivity index (χ3n) is 4.61. The van der Waals surface area contributed by atoms with Crippen molar-refractivity contribution in [2.75, 3.05) is 0 Å². The van der Waals surface area contributed by atoms with Gasteiger partial charge in [-0.25, -0.2) is 13.2 Å². The van der Waals surface area contributed by atoms with Gasteiger partial charge in [-0.3, -0.25) is 0 Å². The molecular weight excluding hydrogens is 265 g/mol. The van der Waals surface area contributed by atoms with E-state index < -0.39 is 23.8 Å². The Morgan fingerprint density at radius 3 is 2.15 bits per heavy atom. The molecule has 2 atom stereocenters. The summed E-state index contributed by atoms with van der Waals surface area (Å²) in [5.74, 6) is -1.79. The first-order chi connectivity index (χ1) is 9.46. The molecule has 1 aliphatic carbocycles. The number of rotatable bonds is 4. The Morgan fingerprint density at radius 2 is 1.65 bits per heavy atom. The number of alkyl halides is 2. The monoisotopic (exact) mass is 286 g/mol. The Morgan fingerprint density at radius 1 is 1.10 bits per heavy atom. The largest absolute Gasteiger partial charge is 0.384 e. The molecule has 0 spiro atoms. The molecule has 0 aliphatic heterocycles. The topological polar surface area (TPSA) is 20.2 Å². The Balaban J connectivity index is 2.39. The quantitative estimate of drug-likeness (QED) is 0.864. The van der Waals surface area contributed by atoms with Crippen molar-refractivity contribution in [3.8, 4) is 0 Å². The summed E-state index contributed by atoms with van der Waals surface area (Å²) < 4.78 is 39.5. The molecule has 0 aromatic heterocycles. The third kappa shape index (κ3) is 2.85.